The number of anilines is 1. The maximum Gasteiger partial charge on any atom is 0.341 e. The summed E-state index contributed by atoms with van der Waals surface area (Å²) in [6, 6.07) is 1.88. The largest absolute Gasteiger partial charge is 0.477 e. The number of carbonyl (C=O) groups is 1. The lowest BCUT2D eigenvalue weighted by molar-refractivity contribution is -0.106. The first-order valence-corrected chi connectivity index (χ1v) is 7.14. The third kappa shape index (κ3) is 1.96. The zero-order chi connectivity index (χ0) is 14.4. The van der Waals surface area contributed by atoms with E-state index in [0.717, 1.165) is 31.7 Å². The molecule has 2 aromatic rings. The Balaban J connectivity index is 1.69. The molecule has 1 saturated carbocycles. The lowest BCUT2D eigenvalue weighted by atomic mass is 9.79. The molecule has 1 aliphatic heterocycles. The predicted octanol–water partition coefficient (Wildman–Crippen LogP) is 1.19. The minimum Gasteiger partial charge on any atom is -0.477 e. The van der Waals surface area contributed by atoms with E-state index in [-0.39, 0.29) is 11.2 Å². The molecule has 0 bridgehead atoms. The number of morpholine rings is 1. The van der Waals surface area contributed by atoms with Crippen LogP contribution in [0.2, 0.25) is 0 Å². The number of nitrogens with zero attached hydrogens (tertiary/aromatic N) is 4. The lowest BCUT2D eigenvalue weighted by Crippen LogP contribution is -2.56. The molecule has 0 unspecified atom stereocenters. The highest BCUT2D eigenvalue weighted by atomic mass is 16.5. The molecule has 0 aromatic carbocycles. The Hall–Kier alpha value is -2.15. The van der Waals surface area contributed by atoms with Crippen LogP contribution in [-0.2, 0) is 4.74 Å². The molecule has 0 amide bonds. The average Bonchev–Trinajstić information content (AvgIpc) is 2.89. The van der Waals surface area contributed by atoms with Gasteiger partial charge in [-0.1, -0.05) is 0 Å². The minimum atomic E-state index is -1.01. The number of carboxylic acids is 1. The maximum absolute atomic E-state index is 11.2. The van der Waals surface area contributed by atoms with Gasteiger partial charge in [-0.15, -0.1) is 0 Å². The van der Waals surface area contributed by atoms with E-state index >= 15 is 0 Å². The monoisotopic (exact) mass is 288 g/mol. The number of rotatable bonds is 2. The summed E-state index contributed by atoms with van der Waals surface area (Å²) in [6.45, 7) is 2.30. The second-order valence-corrected chi connectivity index (χ2v) is 5.72. The van der Waals surface area contributed by atoms with E-state index < -0.39 is 5.97 Å². The highest BCUT2D eigenvalue weighted by molar-refractivity contribution is 5.94. The van der Waals surface area contributed by atoms with Gasteiger partial charge in [0.05, 0.1) is 18.4 Å². The Labute approximate surface area is 121 Å². The van der Waals surface area contributed by atoms with E-state index in [0.29, 0.717) is 12.3 Å². The van der Waals surface area contributed by atoms with Crippen LogP contribution in [0.5, 0.6) is 0 Å². The lowest BCUT2D eigenvalue weighted by Gasteiger charge is -2.48. The zero-order valence-electron chi connectivity index (χ0n) is 11.5. The fraction of sp³-hybridized carbons (Fsp3) is 0.500. The van der Waals surface area contributed by atoms with Crippen molar-refractivity contribution >= 4 is 17.4 Å². The first-order chi connectivity index (χ1) is 10.2. The van der Waals surface area contributed by atoms with Gasteiger partial charge < -0.3 is 14.7 Å². The van der Waals surface area contributed by atoms with E-state index in [2.05, 4.69) is 15.0 Å². The number of aromatic carboxylic acids is 1. The quantitative estimate of drug-likeness (QED) is 0.894. The van der Waals surface area contributed by atoms with Gasteiger partial charge >= 0.3 is 5.97 Å². The van der Waals surface area contributed by atoms with E-state index in [1.807, 2.05) is 6.07 Å². The summed E-state index contributed by atoms with van der Waals surface area (Å²) in [5, 5.41) is 13.2. The van der Waals surface area contributed by atoms with Crippen molar-refractivity contribution in [1.82, 2.24) is 14.6 Å². The number of ether oxygens (including phenoxy) is 1. The number of carboxylic acid groups (broad SMARTS) is 1. The minimum absolute atomic E-state index is 0.0120. The van der Waals surface area contributed by atoms with Crippen molar-refractivity contribution in [1.29, 1.82) is 0 Å². The van der Waals surface area contributed by atoms with Crippen LogP contribution in [0.4, 0.5) is 5.82 Å². The van der Waals surface area contributed by atoms with Crippen molar-refractivity contribution < 1.29 is 14.6 Å². The molecule has 21 heavy (non-hydrogen) atoms. The summed E-state index contributed by atoms with van der Waals surface area (Å²) in [5.41, 5.74) is 0.500. The van der Waals surface area contributed by atoms with Crippen LogP contribution in [0.1, 0.15) is 29.6 Å². The molecule has 2 fully saturated rings. The molecule has 1 spiro atoms. The summed E-state index contributed by atoms with van der Waals surface area (Å²) in [5.74, 6) is -0.216. The van der Waals surface area contributed by atoms with Gasteiger partial charge in [0.25, 0.3) is 0 Å². The second-order valence-electron chi connectivity index (χ2n) is 5.72. The Kier molecular flexibility index (Phi) is 2.65. The molecule has 1 aliphatic carbocycles. The first-order valence-electron chi connectivity index (χ1n) is 7.14. The van der Waals surface area contributed by atoms with E-state index in [9.17, 15) is 9.90 Å². The summed E-state index contributed by atoms with van der Waals surface area (Å²) < 4.78 is 7.40. The topological polar surface area (TPSA) is 80.0 Å². The fourth-order valence-electron chi connectivity index (χ4n) is 3.10. The van der Waals surface area contributed by atoms with Crippen molar-refractivity contribution in [2.24, 2.45) is 0 Å². The standard InChI is InChI=1S/C14H16N4O3/c19-13(20)10-8-15-18-5-2-11(16-12(10)18)17-6-7-21-14(9-17)3-1-4-14/h2,5,8H,1,3-4,6-7,9H2,(H,19,20). The van der Waals surface area contributed by atoms with Gasteiger partial charge in [0.1, 0.15) is 11.4 Å². The molecule has 0 atom stereocenters. The van der Waals surface area contributed by atoms with Gasteiger partial charge in [-0.2, -0.15) is 5.10 Å². The van der Waals surface area contributed by atoms with Crippen LogP contribution < -0.4 is 4.90 Å². The van der Waals surface area contributed by atoms with Crippen LogP contribution in [0.15, 0.2) is 18.5 Å². The van der Waals surface area contributed by atoms with Gasteiger partial charge in [-0.3, -0.25) is 0 Å². The number of fused-ring (bicyclic) bond motifs is 1. The third-order valence-electron chi connectivity index (χ3n) is 4.42. The normalized spacial score (nSPS) is 20.7. The molecule has 7 heteroatoms. The molecular weight excluding hydrogens is 272 g/mol. The summed E-state index contributed by atoms with van der Waals surface area (Å²) in [6.07, 6.45) is 6.50. The smallest absolute Gasteiger partial charge is 0.341 e. The van der Waals surface area contributed by atoms with Gasteiger partial charge in [-0.05, 0) is 25.3 Å². The van der Waals surface area contributed by atoms with Gasteiger partial charge in [-0.25, -0.2) is 14.3 Å². The number of hydrogen-bond acceptors (Lipinski definition) is 5. The molecule has 110 valence electrons. The van der Waals surface area contributed by atoms with Gasteiger partial charge in [0.2, 0.25) is 0 Å². The van der Waals surface area contributed by atoms with Gasteiger partial charge in [0.15, 0.2) is 5.65 Å². The molecular formula is C14H16N4O3. The third-order valence-corrected chi connectivity index (χ3v) is 4.42. The van der Waals surface area contributed by atoms with Crippen LogP contribution in [0.3, 0.4) is 0 Å². The van der Waals surface area contributed by atoms with Gasteiger partial charge in [0, 0.05) is 19.3 Å². The summed E-state index contributed by atoms with van der Waals surface area (Å²) in [7, 11) is 0. The SMILES string of the molecule is O=C(O)c1cnn2ccc(N3CCOC4(CCC4)C3)nc12. The molecule has 7 nitrogen and oxygen atoms in total. The predicted molar refractivity (Wildman–Crippen MR) is 74.7 cm³/mol. The highest BCUT2D eigenvalue weighted by Gasteiger charge is 2.42. The van der Waals surface area contributed by atoms with E-state index in [1.54, 1.807) is 6.20 Å². The Morgan fingerprint density at radius 2 is 2.29 bits per heavy atom. The molecule has 4 rings (SSSR count). The van der Waals surface area contributed by atoms with E-state index in [4.69, 9.17) is 4.74 Å². The fourth-order valence-corrected chi connectivity index (χ4v) is 3.10. The Morgan fingerprint density at radius 3 is 3.00 bits per heavy atom. The van der Waals surface area contributed by atoms with Crippen molar-refractivity contribution in [2.45, 2.75) is 24.9 Å². The molecule has 0 radical (unpaired) electrons. The average molecular weight is 288 g/mol. The molecule has 2 aromatic heterocycles. The zero-order valence-corrected chi connectivity index (χ0v) is 11.5. The first kappa shape index (κ1) is 12.6. The van der Waals surface area contributed by atoms with Crippen LogP contribution in [0.25, 0.3) is 5.65 Å². The Morgan fingerprint density at radius 1 is 1.43 bits per heavy atom. The van der Waals surface area contributed by atoms with Crippen molar-refractivity contribution in [3.8, 4) is 0 Å². The van der Waals surface area contributed by atoms with Crippen LogP contribution in [0, 0.1) is 0 Å². The van der Waals surface area contributed by atoms with Crippen LogP contribution >= 0.6 is 0 Å². The Bertz CT molecular complexity index is 707. The maximum atomic E-state index is 11.2. The van der Waals surface area contributed by atoms with Crippen molar-refractivity contribution in [3.05, 3.63) is 24.0 Å². The molecule has 1 N–H and O–H groups in total. The van der Waals surface area contributed by atoms with E-state index in [1.165, 1.54) is 17.1 Å². The molecule has 3 heterocycles. The van der Waals surface area contributed by atoms with Crippen molar-refractivity contribution in [3.63, 3.8) is 0 Å². The second kappa shape index (κ2) is 4.42. The highest BCUT2D eigenvalue weighted by Crippen LogP contribution is 2.39. The number of hydrogen-bond donors (Lipinski definition) is 1. The molecule has 1 saturated heterocycles. The number of aromatic nitrogens is 3. The molecule has 2 aliphatic rings. The summed E-state index contributed by atoms with van der Waals surface area (Å²) >= 11 is 0. The van der Waals surface area contributed by atoms with Crippen LogP contribution in [-0.4, -0.2) is 51.0 Å². The van der Waals surface area contributed by atoms with Crippen molar-refractivity contribution in [2.75, 3.05) is 24.6 Å². The summed E-state index contributed by atoms with van der Waals surface area (Å²) in [4.78, 5) is 17.9.